The first-order valence-electron chi connectivity index (χ1n) is 8.93. The number of benzene rings is 1. The molecule has 7 heteroatoms. The van der Waals surface area contributed by atoms with E-state index in [4.69, 9.17) is 10.7 Å². The van der Waals surface area contributed by atoms with Crippen molar-refractivity contribution in [3.8, 4) is 0 Å². The molecule has 0 aliphatic heterocycles. The molecule has 4 nitrogen and oxygen atoms in total. The SMILES string of the molecule is CC[C@H]1CCc2nc3sc(C(=O)Nc4ccc(F)c(F)c4)c(N)c3cc2C1. The number of aryl methyl sites for hydroxylation is 1. The fraction of sp³-hybridized carbons (Fsp3) is 0.300. The van der Waals surface area contributed by atoms with Gasteiger partial charge in [-0.25, -0.2) is 13.8 Å². The van der Waals surface area contributed by atoms with Gasteiger partial charge in [-0.05, 0) is 48.9 Å². The predicted octanol–water partition coefficient (Wildman–Crippen LogP) is 4.92. The smallest absolute Gasteiger partial charge is 0.267 e. The number of carbonyl (C=O) groups is 1. The number of carbonyl (C=O) groups excluding carboxylic acids is 1. The highest BCUT2D eigenvalue weighted by Crippen LogP contribution is 2.37. The molecule has 0 saturated heterocycles. The average molecular weight is 387 g/mol. The topological polar surface area (TPSA) is 68.0 Å². The highest BCUT2D eigenvalue weighted by molar-refractivity contribution is 7.21. The molecule has 1 amide bonds. The van der Waals surface area contributed by atoms with Gasteiger partial charge in [0.25, 0.3) is 5.91 Å². The Morgan fingerprint density at radius 3 is 2.89 bits per heavy atom. The molecule has 0 unspecified atom stereocenters. The lowest BCUT2D eigenvalue weighted by molar-refractivity contribution is 0.103. The molecule has 4 rings (SSSR count). The van der Waals surface area contributed by atoms with Crippen LogP contribution in [0.3, 0.4) is 0 Å². The molecule has 0 bridgehead atoms. The van der Waals surface area contributed by atoms with Gasteiger partial charge in [0.2, 0.25) is 0 Å². The highest BCUT2D eigenvalue weighted by atomic mass is 32.1. The van der Waals surface area contributed by atoms with Gasteiger partial charge in [0.1, 0.15) is 9.71 Å². The van der Waals surface area contributed by atoms with Gasteiger partial charge in [-0.2, -0.15) is 0 Å². The van der Waals surface area contributed by atoms with E-state index < -0.39 is 17.5 Å². The lowest BCUT2D eigenvalue weighted by Gasteiger charge is -2.22. The third-order valence-electron chi connectivity index (χ3n) is 5.15. The average Bonchev–Trinajstić information content (AvgIpc) is 2.98. The van der Waals surface area contributed by atoms with E-state index in [-0.39, 0.29) is 5.69 Å². The number of rotatable bonds is 3. The minimum atomic E-state index is -1.02. The summed E-state index contributed by atoms with van der Waals surface area (Å²) in [5.74, 6) is -1.77. The van der Waals surface area contributed by atoms with Crippen LogP contribution in [0.5, 0.6) is 0 Å². The van der Waals surface area contributed by atoms with Crippen LogP contribution >= 0.6 is 11.3 Å². The van der Waals surface area contributed by atoms with Crippen molar-refractivity contribution in [2.24, 2.45) is 5.92 Å². The van der Waals surface area contributed by atoms with E-state index in [2.05, 4.69) is 18.3 Å². The number of hydrogen-bond donors (Lipinski definition) is 2. The van der Waals surface area contributed by atoms with Crippen molar-refractivity contribution in [1.82, 2.24) is 4.98 Å². The van der Waals surface area contributed by atoms with E-state index in [9.17, 15) is 13.6 Å². The number of anilines is 2. The summed E-state index contributed by atoms with van der Waals surface area (Å²) in [6, 6.07) is 5.28. The normalized spacial score (nSPS) is 16.3. The summed E-state index contributed by atoms with van der Waals surface area (Å²) >= 11 is 1.22. The first-order chi connectivity index (χ1) is 13.0. The molecule has 1 aliphatic carbocycles. The molecule has 3 N–H and O–H groups in total. The van der Waals surface area contributed by atoms with E-state index >= 15 is 0 Å². The van der Waals surface area contributed by atoms with Crippen molar-refractivity contribution < 1.29 is 13.6 Å². The van der Waals surface area contributed by atoms with Gasteiger partial charge in [-0.15, -0.1) is 11.3 Å². The number of hydrogen-bond acceptors (Lipinski definition) is 4. The number of nitrogens with two attached hydrogens (primary N) is 1. The van der Waals surface area contributed by atoms with Crippen LogP contribution in [-0.4, -0.2) is 10.9 Å². The van der Waals surface area contributed by atoms with Gasteiger partial charge in [0.15, 0.2) is 11.6 Å². The second-order valence-corrected chi connectivity index (χ2v) is 7.89. The summed E-state index contributed by atoms with van der Waals surface area (Å²) in [4.78, 5) is 18.4. The number of pyridine rings is 1. The van der Waals surface area contributed by atoms with Crippen LogP contribution in [-0.2, 0) is 12.8 Å². The molecular weight excluding hydrogens is 368 g/mol. The molecule has 0 radical (unpaired) electrons. The molecule has 1 aromatic carbocycles. The number of amides is 1. The van der Waals surface area contributed by atoms with Gasteiger partial charge < -0.3 is 11.1 Å². The van der Waals surface area contributed by atoms with Crippen molar-refractivity contribution in [3.63, 3.8) is 0 Å². The number of thiophene rings is 1. The number of nitrogens with one attached hydrogen (secondary N) is 1. The molecule has 2 heterocycles. The lowest BCUT2D eigenvalue weighted by Crippen LogP contribution is -2.14. The number of halogens is 2. The Morgan fingerprint density at radius 2 is 2.15 bits per heavy atom. The Morgan fingerprint density at radius 1 is 1.33 bits per heavy atom. The fourth-order valence-corrected chi connectivity index (χ4v) is 4.54. The van der Waals surface area contributed by atoms with E-state index in [0.29, 0.717) is 16.5 Å². The number of aromatic nitrogens is 1. The van der Waals surface area contributed by atoms with Crippen LogP contribution in [0.15, 0.2) is 24.3 Å². The molecule has 2 aromatic heterocycles. The Hall–Kier alpha value is -2.54. The maximum atomic E-state index is 13.4. The van der Waals surface area contributed by atoms with Crippen LogP contribution in [0.4, 0.5) is 20.2 Å². The van der Waals surface area contributed by atoms with Gasteiger partial charge in [0, 0.05) is 22.8 Å². The van der Waals surface area contributed by atoms with Crippen molar-refractivity contribution in [3.05, 3.63) is 52.0 Å². The molecular formula is C20H19F2N3OS. The molecule has 1 atom stereocenters. The second-order valence-electron chi connectivity index (χ2n) is 6.89. The zero-order valence-electron chi connectivity index (χ0n) is 14.8. The molecule has 1 aliphatic rings. The van der Waals surface area contributed by atoms with Crippen molar-refractivity contribution in [1.29, 1.82) is 0 Å². The van der Waals surface area contributed by atoms with E-state index in [1.807, 2.05) is 0 Å². The first kappa shape index (κ1) is 17.9. The van der Waals surface area contributed by atoms with E-state index in [0.717, 1.165) is 53.7 Å². The monoisotopic (exact) mass is 387 g/mol. The van der Waals surface area contributed by atoms with Gasteiger partial charge in [-0.3, -0.25) is 4.79 Å². The van der Waals surface area contributed by atoms with Gasteiger partial charge in [0.05, 0.1) is 5.69 Å². The summed E-state index contributed by atoms with van der Waals surface area (Å²) in [7, 11) is 0. The molecule has 3 aromatic rings. The van der Waals surface area contributed by atoms with Crippen LogP contribution in [0.25, 0.3) is 10.2 Å². The van der Waals surface area contributed by atoms with Crippen LogP contribution in [0.1, 0.15) is 40.7 Å². The lowest BCUT2D eigenvalue weighted by atomic mass is 9.85. The number of nitrogens with zero attached hydrogens (tertiary/aromatic N) is 1. The van der Waals surface area contributed by atoms with Crippen molar-refractivity contribution >= 4 is 38.8 Å². The Balaban J connectivity index is 1.66. The number of fused-ring (bicyclic) bond motifs is 2. The molecule has 0 spiro atoms. The van der Waals surface area contributed by atoms with E-state index in [1.165, 1.54) is 23.0 Å². The van der Waals surface area contributed by atoms with Crippen molar-refractivity contribution in [2.75, 3.05) is 11.1 Å². The maximum absolute atomic E-state index is 13.4. The summed E-state index contributed by atoms with van der Waals surface area (Å²) in [6.07, 6.45) is 4.20. The summed E-state index contributed by atoms with van der Waals surface area (Å²) in [6.45, 7) is 2.20. The van der Waals surface area contributed by atoms with Crippen LogP contribution < -0.4 is 11.1 Å². The minimum Gasteiger partial charge on any atom is -0.397 e. The van der Waals surface area contributed by atoms with E-state index in [1.54, 1.807) is 0 Å². The Bertz CT molecular complexity index is 1050. The summed E-state index contributed by atoms with van der Waals surface area (Å²) in [5.41, 5.74) is 9.07. The Kier molecular flexibility index (Phi) is 4.55. The quantitative estimate of drug-likeness (QED) is 0.670. The minimum absolute atomic E-state index is 0.175. The molecule has 0 fully saturated rings. The molecule has 140 valence electrons. The number of nitrogen functional groups attached to an aromatic ring is 1. The fourth-order valence-electron chi connectivity index (χ4n) is 3.54. The zero-order valence-corrected chi connectivity index (χ0v) is 15.6. The highest BCUT2D eigenvalue weighted by Gasteiger charge is 2.23. The third-order valence-corrected chi connectivity index (χ3v) is 6.26. The van der Waals surface area contributed by atoms with Crippen molar-refractivity contribution in [2.45, 2.75) is 32.6 Å². The third kappa shape index (κ3) is 3.27. The molecule has 27 heavy (non-hydrogen) atoms. The van der Waals surface area contributed by atoms with Crippen LogP contribution in [0.2, 0.25) is 0 Å². The summed E-state index contributed by atoms with van der Waals surface area (Å²) < 4.78 is 26.4. The Labute approximate surface area is 159 Å². The van der Waals surface area contributed by atoms with Gasteiger partial charge >= 0.3 is 0 Å². The van der Waals surface area contributed by atoms with Gasteiger partial charge in [-0.1, -0.05) is 13.3 Å². The largest absolute Gasteiger partial charge is 0.397 e. The second kappa shape index (κ2) is 6.88. The molecule has 0 saturated carbocycles. The maximum Gasteiger partial charge on any atom is 0.267 e. The van der Waals surface area contributed by atoms with Crippen LogP contribution in [0, 0.1) is 17.6 Å². The summed E-state index contributed by atoms with van der Waals surface area (Å²) in [5, 5.41) is 3.35. The predicted molar refractivity (Wildman–Crippen MR) is 104 cm³/mol. The standard InChI is InChI=1S/C20H19F2N3OS/c1-2-10-3-6-16-11(7-10)8-13-17(23)18(27-20(13)25-16)19(26)24-12-4-5-14(21)15(22)9-12/h4-5,8-10H,2-3,6-7,23H2,1H3,(H,24,26)/t10-/m0/s1. The first-order valence-corrected chi connectivity index (χ1v) is 9.75. The zero-order chi connectivity index (χ0) is 19.1.